The van der Waals surface area contributed by atoms with Crippen molar-refractivity contribution in [2.75, 3.05) is 25.0 Å². The Hall–Kier alpha value is -2.41. The molecule has 1 saturated heterocycles. The number of carboxylic acid groups (broad SMARTS) is 1. The maximum atomic E-state index is 11.7. The van der Waals surface area contributed by atoms with Gasteiger partial charge < -0.3 is 16.2 Å². The van der Waals surface area contributed by atoms with Crippen LogP contribution in [0.25, 0.3) is 0 Å². The van der Waals surface area contributed by atoms with Crippen LogP contribution in [0.2, 0.25) is 0 Å². The third kappa shape index (κ3) is 3.33. The molecule has 0 unspecified atom stereocenters. The number of nitrogens with two attached hydrogens (primary N) is 1. The molecule has 4 N–H and O–H groups in total. The van der Waals surface area contributed by atoms with Crippen LogP contribution >= 0.6 is 0 Å². The third-order valence-corrected chi connectivity index (χ3v) is 3.13. The molecule has 1 heterocycles. The highest BCUT2D eigenvalue weighted by atomic mass is 16.4. The summed E-state index contributed by atoms with van der Waals surface area (Å²) in [5.74, 6) is -1.95. The normalized spacial score (nSPS) is 15.4. The van der Waals surface area contributed by atoms with Gasteiger partial charge in [0, 0.05) is 24.3 Å². The monoisotopic (exact) mass is 277 g/mol. The molecule has 7 nitrogen and oxygen atoms in total. The van der Waals surface area contributed by atoms with Crippen molar-refractivity contribution in [1.29, 1.82) is 0 Å². The highest BCUT2D eigenvalue weighted by Crippen LogP contribution is 2.15. The molecule has 106 valence electrons. The number of hydrogen-bond acceptors (Lipinski definition) is 4. The fraction of sp³-hybridized carbons (Fsp3) is 0.308. The van der Waals surface area contributed by atoms with Crippen molar-refractivity contribution < 1.29 is 19.5 Å². The molecule has 1 fully saturated rings. The van der Waals surface area contributed by atoms with E-state index in [1.165, 1.54) is 12.1 Å². The van der Waals surface area contributed by atoms with Crippen molar-refractivity contribution in [1.82, 2.24) is 4.90 Å². The number of rotatable bonds is 5. The molecule has 0 bridgehead atoms. The van der Waals surface area contributed by atoms with Crippen molar-refractivity contribution in [3.63, 3.8) is 0 Å². The van der Waals surface area contributed by atoms with Gasteiger partial charge in [0.15, 0.2) is 0 Å². The Balaban J connectivity index is 1.80. The number of carbonyl (C=O) groups excluding carboxylic acids is 2. The molecule has 1 aromatic carbocycles. The Morgan fingerprint density at radius 1 is 1.25 bits per heavy atom. The zero-order chi connectivity index (χ0) is 14.7. The summed E-state index contributed by atoms with van der Waals surface area (Å²) >= 11 is 0. The molecule has 0 radical (unpaired) electrons. The lowest BCUT2D eigenvalue weighted by molar-refractivity contribution is -0.148. The SMILES string of the molecule is NC(=O)c1ccc(NC(=O)CN2CC(C(=O)O)C2)cc1. The van der Waals surface area contributed by atoms with Gasteiger partial charge in [-0.25, -0.2) is 0 Å². The summed E-state index contributed by atoms with van der Waals surface area (Å²) < 4.78 is 0. The van der Waals surface area contributed by atoms with Gasteiger partial charge in [-0.05, 0) is 24.3 Å². The predicted molar refractivity (Wildman–Crippen MR) is 71.2 cm³/mol. The zero-order valence-electron chi connectivity index (χ0n) is 10.7. The maximum absolute atomic E-state index is 11.7. The standard InChI is InChI=1S/C13H15N3O4/c14-12(18)8-1-3-10(4-2-8)15-11(17)7-16-5-9(6-16)13(19)20/h1-4,9H,5-7H2,(H2,14,18)(H,15,17)(H,19,20). The number of hydrogen-bond donors (Lipinski definition) is 3. The molecule has 1 aliphatic heterocycles. The van der Waals surface area contributed by atoms with Crippen LogP contribution in [0.5, 0.6) is 0 Å². The number of primary amides is 1. The van der Waals surface area contributed by atoms with E-state index >= 15 is 0 Å². The molecule has 2 rings (SSSR count). The first-order chi connectivity index (χ1) is 9.45. The quantitative estimate of drug-likeness (QED) is 0.686. The fourth-order valence-corrected chi connectivity index (χ4v) is 1.98. The lowest BCUT2D eigenvalue weighted by Gasteiger charge is -2.35. The van der Waals surface area contributed by atoms with E-state index in [9.17, 15) is 14.4 Å². The van der Waals surface area contributed by atoms with Gasteiger partial charge in [-0.3, -0.25) is 19.3 Å². The van der Waals surface area contributed by atoms with Gasteiger partial charge in [0.25, 0.3) is 0 Å². The molecule has 7 heteroatoms. The smallest absolute Gasteiger partial charge is 0.309 e. The second-order valence-corrected chi connectivity index (χ2v) is 4.72. The summed E-state index contributed by atoms with van der Waals surface area (Å²) in [4.78, 5) is 35.0. The molecule has 0 aromatic heterocycles. The van der Waals surface area contributed by atoms with Crippen molar-refractivity contribution in [3.8, 4) is 0 Å². The number of nitrogens with one attached hydrogen (secondary N) is 1. The highest BCUT2D eigenvalue weighted by Gasteiger charge is 2.33. The number of amides is 2. The van der Waals surface area contributed by atoms with Gasteiger partial charge in [0.05, 0.1) is 12.5 Å². The van der Waals surface area contributed by atoms with Crippen molar-refractivity contribution in [3.05, 3.63) is 29.8 Å². The number of carboxylic acids is 1. The maximum Gasteiger partial charge on any atom is 0.309 e. The minimum atomic E-state index is -0.830. The van der Waals surface area contributed by atoms with E-state index in [-0.39, 0.29) is 18.4 Å². The van der Waals surface area contributed by atoms with E-state index in [4.69, 9.17) is 10.8 Å². The van der Waals surface area contributed by atoms with E-state index in [0.717, 1.165) is 0 Å². The van der Waals surface area contributed by atoms with Crippen LogP contribution < -0.4 is 11.1 Å². The molecular weight excluding hydrogens is 262 g/mol. The first-order valence-electron chi connectivity index (χ1n) is 6.10. The molecule has 0 spiro atoms. The zero-order valence-corrected chi connectivity index (χ0v) is 10.7. The third-order valence-electron chi connectivity index (χ3n) is 3.13. The predicted octanol–water partition coefficient (Wildman–Crippen LogP) is -0.260. The first kappa shape index (κ1) is 14.0. The van der Waals surface area contributed by atoms with E-state index in [2.05, 4.69) is 5.32 Å². The molecule has 0 aliphatic carbocycles. The average molecular weight is 277 g/mol. The van der Waals surface area contributed by atoms with Crippen LogP contribution in [0, 0.1) is 5.92 Å². The molecule has 1 aliphatic rings. The molecule has 2 amide bonds. The van der Waals surface area contributed by atoms with Gasteiger partial charge in [0.1, 0.15) is 0 Å². The first-order valence-corrected chi connectivity index (χ1v) is 6.10. The summed E-state index contributed by atoms with van der Waals surface area (Å²) in [6.45, 7) is 0.939. The van der Waals surface area contributed by atoms with Gasteiger partial charge >= 0.3 is 5.97 Å². The minimum absolute atomic E-state index is 0.154. The van der Waals surface area contributed by atoms with E-state index < -0.39 is 11.9 Å². The lowest BCUT2D eigenvalue weighted by Crippen LogP contribution is -2.52. The topological polar surface area (TPSA) is 113 Å². The van der Waals surface area contributed by atoms with Crippen LogP contribution in [0.1, 0.15) is 10.4 Å². The number of nitrogens with zero attached hydrogens (tertiary/aromatic N) is 1. The van der Waals surface area contributed by atoms with E-state index in [1.807, 2.05) is 0 Å². The van der Waals surface area contributed by atoms with Crippen LogP contribution in [-0.4, -0.2) is 47.4 Å². The molecule has 0 saturated carbocycles. The number of benzene rings is 1. The Labute approximate surface area is 115 Å². The van der Waals surface area contributed by atoms with Crippen molar-refractivity contribution in [2.45, 2.75) is 0 Å². The molecule has 20 heavy (non-hydrogen) atoms. The van der Waals surface area contributed by atoms with Gasteiger partial charge in [-0.2, -0.15) is 0 Å². The second kappa shape index (κ2) is 5.70. The Bertz CT molecular complexity index is 535. The Morgan fingerprint density at radius 2 is 1.85 bits per heavy atom. The summed E-state index contributed by atoms with van der Waals surface area (Å²) in [6, 6.07) is 6.24. The van der Waals surface area contributed by atoms with E-state index in [1.54, 1.807) is 17.0 Å². The number of anilines is 1. The Kier molecular flexibility index (Phi) is 3.99. The largest absolute Gasteiger partial charge is 0.481 e. The summed E-state index contributed by atoms with van der Waals surface area (Å²) in [6.07, 6.45) is 0. The van der Waals surface area contributed by atoms with Crippen molar-refractivity contribution >= 4 is 23.5 Å². The van der Waals surface area contributed by atoms with Crippen LogP contribution in [0.4, 0.5) is 5.69 Å². The van der Waals surface area contributed by atoms with Crippen molar-refractivity contribution in [2.24, 2.45) is 11.7 Å². The van der Waals surface area contributed by atoms with Crippen LogP contribution in [-0.2, 0) is 9.59 Å². The average Bonchev–Trinajstić information content (AvgIpc) is 2.33. The number of carbonyl (C=O) groups is 3. The number of likely N-dealkylation sites (tertiary alicyclic amines) is 1. The molecule has 0 atom stereocenters. The highest BCUT2D eigenvalue weighted by molar-refractivity contribution is 5.95. The van der Waals surface area contributed by atoms with E-state index in [0.29, 0.717) is 24.3 Å². The fourth-order valence-electron chi connectivity index (χ4n) is 1.98. The summed E-state index contributed by atoms with van der Waals surface area (Å²) in [7, 11) is 0. The lowest BCUT2D eigenvalue weighted by atomic mass is 10.0. The van der Waals surface area contributed by atoms with Gasteiger partial charge in [-0.1, -0.05) is 0 Å². The minimum Gasteiger partial charge on any atom is -0.481 e. The summed E-state index contributed by atoms with van der Waals surface area (Å²) in [5.41, 5.74) is 6.05. The van der Waals surface area contributed by atoms with Crippen LogP contribution in [0.15, 0.2) is 24.3 Å². The second-order valence-electron chi connectivity index (χ2n) is 4.72. The molecular formula is C13H15N3O4. The van der Waals surface area contributed by atoms with Gasteiger partial charge in [0.2, 0.25) is 11.8 Å². The van der Waals surface area contributed by atoms with Crippen LogP contribution in [0.3, 0.4) is 0 Å². The van der Waals surface area contributed by atoms with Gasteiger partial charge in [-0.15, -0.1) is 0 Å². The number of aliphatic carboxylic acids is 1. The summed E-state index contributed by atoms with van der Waals surface area (Å²) in [5, 5.41) is 11.4. The molecule has 1 aromatic rings. The Morgan fingerprint density at radius 3 is 2.35 bits per heavy atom.